The molecular weight excluding hydrogens is 1510 g/mol. The maximum atomic E-state index is 11.5. The van der Waals surface area contributed by atoms with Crippen molar-refractivity contribution >= 4 is 114 Å². The number of unbranched alkanes of at least 4 members (excludes halogenated alkanes) is 3. The van der Waals surface area contributed by atoms with Crippen LogP contribution in [0.3, 0.4) is 0 Å². The first-order valence-corrected chi connectivity index (χ1v) is 49.5. The van der Waals surface area contributed by atoms with E-state index < -0.39 is 61.1 Å². The fourth-order valence-corrected chi connectivity index (χ4v) is 36.7. The van der Waals surface area contributed by atoms with Crippen LogP contribution in [0.5, 0.6) is 0 Å². The molecule has 0 amide bonds. The topological polar surface area (TPSA) is 44.0 Å². The van der Waals surface area contributed by atoms with Gasteiger partial charge in [0.05, 0.1) is 0 Å². The van der Waals surface area contributed by atoms with Crippen molar-refractivity contribution in [3.8, 4) is 6.07 Å². The summed E-state index contributed by atoms with van der Waals surface area (Å²) in [7, 11) is -1.78. The van der Waals surface area contributed by atoms with Crippen molar-refractivity contribution < 1.29 is 25.5 Å². The van der Waals surface area contributed by atoms with E-state index in [-0.39, 0.29) is 20.4 Å². The van der Waals surface area contributed by atoms with E-state index in [0.29, 0.717) is 5.92 Å². The average Bonchev–Trinajstić information content (AvgIpc) is 1.56. The van der Waals surface area contributed by atoms with Crippen LogP contribution in [0.2, 0.25) is 13.3 Å². The third-order valence-corrected chi connectivity index (χ3v) is 42.7. The van der Waals surface area contributed by atoms with Crippen molar-refractivity contribution in [2.24, 2.45) is 11.3 Å². The van der Waals surface area contributed by atoms with E-state index in [1.54, 1.807) is 0 Å². The van der Waals surface area contributed by atoms with Crippen molar-refractivity contribution in [3.05, 3.63) is 374 Å². The second kappa shape index (κ2) is 42.7. The zero-order valence-electron chi connectivity index (χ0n) is 59.6. The van der Waals surface area contributed by atoms with E-state index in [2.05, 4.69) is 401 Å². The summed E-state index contributed by atoms with van der Waals surface area (Å²) in [5.41, 5.74) is -1.28. The summed E-state index contributed by atoms with van der Waals surface area (Å²) in [6.07, 6.45) is 14.1. The standard InChI is InChI=1S/4C18H15P.C10H12NO.3C4H9.Pd.Sn/c4*1-4-10-16(11-5-1)19(17-12-6-2-7-13-17)18-14-8-3-9-15-18;1-2-10(12,8-3-4-8)9(7-11)5-6-9;3*1-3-4-2;;/h4*1-15H;1-2,8,12H,3-6H2;3*1,3-4H2,2H3;;. The van der Waals surface area contributed by atoms with Crippen LogP contribution in [-0.2, 0) is 20.4 Å². The predicted molar refractivity (Wildman–Crippen MR) is 450 cm³/mol. The van der Waals surface area contributed by atoms with Crippen molar-refractivity contribution in [1.29, 1.82) is 5.26 Å². The largest absolute Gasteiger partial charge is 0.0622 e. The summed E-state index contributed by atoms with van der Waals surface area (Å²) in [5.74, 6) is 0.346. The van der Waals surface area contributed by atoms with Crippen LogP contribution in [0, 0.1) is 22.7 Å². The van der Waals surface area contributed by atoms with E-state index in [4.69, 9.17) is 0 Å². The average molecular weight is 1610 g/mol. The molecule has 0 spiro atoms. The molecule has 0 radical (unpaired) electrons. The summed E-state index contributed by atoms with van der Waals surface area (Å²) in [4.78, 5) is 0. The number of nitrogens with zero attached hydrogens (tertiary/aromatic N) is 1. The Kier molecular flexibility index (Phi) is 33.1. The quantitative estimate of drug-likeness (QED) is 0.0458. The molecule has 0 aromatic heterocycles. The molecule has 0 bridgehead atoms. The zero-order chi connectivity index (χ0) is 70.1. The van der Waals surface area contributed by atoms with Crippen LogP contribution in [-0.4, -0.2) is 29.1 Å². The van der Waals surface area contributed by atoms with Gasteiger partial charge in [-0.05, 0) is 95.3 Å². The molecule has 0 heterocycles. The summed E-state index contributed by atoms with van der Waals surface area (Å²) in [6, 6.07) is 132. The molecular formula is C94H99NOP4PdSn. The molecule has 0 saturated heterocycles. The Labute approximate surface area is 634 Å². The van der Waals surface area contributed by atoms with Gasteiger partial charge in [0.2, 0.25) is 0 Å². The van der Waals surface area contributed by atoms with Crippen LogP contribution < -0.4 is 63.7 Å². The summed E-state index contributed by atoms with van der Waals surface area (Å²) in [6.45, 7) is 6.90. The monoisotopic (exact) mass is 1610 g/mol. The van der Waals surface area contributed by atoms with Crippen LogP contribution in [0.15, 0.2) is 374 Å². The number of benzene rings is 12. The van der Waals surface area contributed by atoms with Gasteiger partial charge in [-0.25, -0.2) is 0 Å². The molecule has 12 aromatic carbocycles. The molecule has 1 N–H and O–H groups in total. The number of rotatable bonds is 25. The summed E-state index contributed by atoms with van der Waals surface area (Å²) >= 11 is -2.38. The Hall–Kier alpha value is -6.99. The molecule has 2 fully saturated rings. The zero-order valence-corrected chi connectivity index (χ0v) is 67.6. The normalized spacial score (nSPS) is 13.2. The molecule has 1 atom stereocenters. The molecule has 14 rings (SSSR count). The van der Waals surface area contributed by atoms with Gasteiger partial charge in [0.1, 0.15) is 0 Å². The van der Waals surface area contributed by atoms with Crippen LogP contribution in [0.25, 0.3) is 0 Å². The van der Waals surface area contributed by atoms with Gasteiger partial charge >= 0.3 is 160 Å². The second-order valence-electron chi connectivity index (χ2n) is 26.2. The van der Waals surface area contributed by atoms with Crippen molar-refractivity contribution in [3.63, 3.8) is 0 Å². The number of hydrogen-bond donors (Lipinski definition) is 1. The molecule has 2 nitrogen and oxygen atoms in total. The van der Waals surface area contributed by atoms with Gasteiger partial charge in [-0.3, -0.25) is 0 Å². The van der Waals surface area contributed by atoms with Gasteiger partial charge < -0.3 is 0 Å². The fraction of sp³-hybridized carbons (Fsp3) is 0.202. The fourth-order valence-electron chi connectivity index (χ4n) is 13.2. The van der Waals surface area contributed by atoms with E-state index in [1.165, 1.54) is 115 Å². The van der Waals surface area contributed by atoms with Crippen molar-refractivity contribution in [2.45, 2.75) is 104 Å². The summed E-state index contributed by atoms with van der Waals surface area (Å²) in [5, 5.41) is 38.0. The minimum atomic E-state index is -2.38. The molecule has 2 saturated carbocycles. The molecule has 0 aliphatic heterocycles. The second-order valence-corrected chi connectivity index (χ2v) is 48.1. The molecule has 8 heteroatoms. The van der Waals surface area contributed by atoms with E-state index in [1.807, 2.05) is 0 Å². The Morgan fingerprint density at radius 3 is 0.627 bits per heavy atom. The minimum absolute atomic E-state index is 0. The Bertz CT molecular complexity index is 3410. The predicted octanol–water partition coefficient (Wildman–Crippen LogP) is 20.2. The Morgan fingerprint density at radius 2 is 0.500 bits per heavy atom. The van der Waals surface area contributed by atoms with Crippen molar-refractivity contribution in [2.75, 3.05) is 0 Å². The van der Waals surface area contributed by atoms with Gasteiger partial charge in [-0.15, -0.1) is 0 Å². The van der Waals surface area contributed by atoms with Crippen LogP contribution in [0.4, 0.5) is 0 Å². The van der Waals surface area contributed by atoms with Crippen LogP contribution in [0.1, 0.15) is 85.0 Å². The molecule has 520 valence electrons. The first-order chi connectivity index (χ1) is 49.8. The molecule has 12 aromatic rings. The van der Waals surface area contributed by atoms with Gasteiger partial charge in [0.15, 0.2) is 0 Å². The number of nitriles is 1. The van der Waals surface area contributed by atoms with Gasteiger partial charge in [-0.1, -0.05) is 364 Å². The molecule has 2 aliphatic rings. The maximum absolute atomic E-state index is 11.5. The third-order valence-electron chi connectivity index (χ3n) is 18.9. The van der Waals surface area contributed by atoms with Gasteiger partial charge in [0.25, 0.3) is 0 Å². The number of aliphatic hydroxyl groups is 1. The van der Waals surface area contributed by atoms with E-state index in [9.17, 15) is 10.4 Å². The van der Waals surface area contributed by atoms with E-state index >= 15 is 0 Å². The smallest absolute Gasteiger partial charge is 0 e. The Morgan fingerprint density at radius 1 is 0.333 bits per heavy atom. The first-order valence-electron chi connectivity index (χ1n) is 36.5. The Balaban J connectivity index is 0.000000148. The van der Waals surface area contributed by atoms with Crippen LogP contribution >= 0.6 is 31.7 Å². The minimum Gasteiger partial charge on any atom is -0.0622 e. The first kappa shape index (κ1) is 79.1. The molecule has 1 unspecified atom stereocenters. The third kappa shape index (κ3) is 23.0. The summed E-state index contributed by atoms with van der Waals surface area (Å²) < 4.78 is 6.89. The molecule has 2 aliphatic carbocycles. The van der Waals surface area contributed by atoms with Crippen molar-refractivity contribution in [1.82, 2.24) is 0 Å². The maximum Gasteiger partial charge on any atom is 0 e. The SMILES string of the molecule is CCC[CH2][Sn](/[CH]=C/C(O)(C1CC1)C1(C#N)CC1)([CH2]CCC)[CH2]CCC.[Pd].c1ccc(P(c2ccccc2)c2ccccc2)cc1.c1ccc(P(c2ccccc2)c2ccccc2)cc1.c1ccc(P(c2ccccc2)c2ccccc2)cc1.c1ccc(P(c2ccccc2)c2ccccc2)cc1. The van der Waals surface area contributed by atoms with E-state index in [0.717, 1.165) is 25.7 Å². The van der Waals surface area contributed by atoms with Gasteiger partial charge in [-0.2, -0.15) is 0 Å². The van der Waals surface area contributed by atoms with Gasteiger partial charge in [0, 0.05) is 20.4 Å². The number of hydrogen-bond acceptors (Lipinski definition) is 2. The molecule has 102 heavy (non-hydrogen) atoms.